The van der Waals surface area contributed by atoms with Crippen molar-refractivity contribution in [1.82, 2.24) is 0 Å². The molecule has 0 saturated heterocycles. The van der Waals surface area contributed by atoms with Gasteiger partial charge in [0, 0.05) is 17.3 Å². The van der Waals surface area contributed by atoms with E-state index in [1.807, 2.05) is 0 Å². The number of fused-ring (bicyclic) bond motifs is 1. The monoisotopic (exact) mass is 357 g/mol. The number of methoxy groups -OCH3 is 1. The molecule has 26 heavy (non-hydrogen) atoms. The van der Waals surface area contributed by atoms with Crippen LogP contribution < -0.4 is 20.1 Å². The van der Waals surface area contributed by atoms with Crippen LogP contribution in [0.1, 0.15) is 17.3 Å². The van der Waals surface area contributed by atoms with Crippen LogP contribution in [0, 0.1) is 10.1 Å². The number of anilines is 2. The molecule has 9 heteroatoms. The Morgan fingerprint density at radius 3 is 2.77 bits per heavy atom. The van der Waals surface area contributed by atoms with Crippen molar-refractivity contribution in [2.75, 3.05) is 17.7 Å². The fraction of sp³-hybridized carbons (Fsp3) is 0.176. The third kappa shape index (κ3) is 3.27. The Morgan fingerprint density at radius 2 is 2.08 bits per heavy atom. The molecule has 134 valence electrons. The van der Waals surface area contributed by atoms with Crippen molar-refractivity contribution < 1.29 is 24.0 Å². The Bertz CT molecular complexity index is 911. The maximum atomic E-state index is 12.4. The summed E-state index contributed by atoms with van der Waals surface area (Å²) in [5, 5.41) is 16.4. The molecule has 0 bridgehead atoms. The molecule has 0 fully saturated rings. The molecule has 2 aromatic rings. The number of ether oxygens (including phenoxy) is 2. The minimum atomic E-state index is -0.622. The number of amides is 2. The molecule has 0 aliphatic carbocycles. The molecule has 1 aliphatic heterocycles. The fourth-order valence-corrected chi connectivity index (χ4v) is 2.46. The van der Waals surface area contributed by atoms with Crippen LogP contribution in [0.3, 0.4) is 0 Å². The molecule has 2 amide bonds. The van der Waals surface area contributed by atoms with E-state index in [0.717, 1.165) is 6.07 Å². The summed E-state index contributed by atoms with van der Waals surface area (Å²) in [4.78, 5) is 34.5. The van der Waals surface area contributed by atoms with Crippen molar-refractivity contribution in [3.8, 4) is 11.5 Å². The standard InChI is InChI=1S/C17H15N3O6/c1-9-16(21)19-12-8-11(4-6-14(12)26-9)18-17(22)10-3-5-15(25-2)13(7-10)20(23)24/h3-9H,1-2H3,(H,18,22)(H,19,21). The molecule has 9 nitrogen and oxygen atoms in total. The van der Waals surface area contributed by atoms with Gasteiger partial charge in [-0.2, -0.15) is 0 Å². The van der Waals surface area contributed by atoms with Gasteiger partial charge in [-0.25, -0.2) is 0 Å². The molecule has 0 radical (unpaired) electrons. The Hall–Kier alpha value is -3.62. The SMILES string of the molecule is COc1ccc(C(=O)Nc2ccc3c(c2)NC(=O)C(C)O3)cc1[N+](=O)[O-]. The number of nitrogens with one attached hydrogen (secondary N) is 2. The zero-order valence-electron chi connectivity index (χ0n) is 13.9. The van der Waals surface area contributed by atoms with E-state index in [2.05, 4.69) is 10.6 Å². The first-order valence-corrected chi connectivity index (χ1v) is 7.64. The Kier molecular flexibility index (Phi) is 4.44. The van der Waals surface area contributed by atoms with Crippen LogP contribution in [0.4, 0.5) is 17.1 Å². The number of hydrogen-bond donors (Lipinski definition) is 2. The summed E-state index contributed by atoms with van der Waals surface area (Å²) in [6, 6.07) is 8.70. The smallest absolute Gasteiger partial charge is 0.311 e. The quantitative estimate of drug-likeness (QED) is 0.641. The van der Waals surface area contributed by atoms with Crippen molar-refractivity contribution in [3.63, 3.8) is 0 Å². The Labute approximate surface area is 148 Å². The zero-order valence-corrected chi connectivity index (χ0v) is 13.9. The van der Waals surface area contributed by atoms with Crippen LogP contribution >= 0.6 is 0 Å². The van der Waals surface area contributed by atoms with Gasteiger partial charge in [0.1, 0.15) is 5.75 Å². The summed E-state index contributed by atoms with van der Waals surface area (Å²) in [5.74, 6) is -0.261. The maximum absolute atomic E-state index is 12.4. The molecule has 0 saturated carbocycles. The van der Waals surface area contributed by atoms with Gasteiger partial charge in [0.05, 0.1) is 17.7 Å². The van der Waals surface area contributed by atoms with E-state index in [1.54, 1.807) is 25.1 Å². The van der Waals surface area contributed by atoms with E-state index < -0.39 is 16.9 Å². The zero-order chi connectivity index (χ0) is 18.8. The first-order chi connectivity index (χ1) is 12.4. The van der Waals surface area contributed by atoms with Crippen LogP contribution in [0.2, 0.25) is 0 Å². The summed E-state index contributed by atoms with van der Waals surface area (Å²) in [7, 11) is 1.31. The number of nitrogens with zero attached hydrogens (tertiary/aromatic N) is 1. The number of hydrogen-bond acceptors (Lipinski definition) is 6. The van der Waals surface area contributed by atoms with Gasteiger partial charge in [0.15, 0.2) is 11.9 Å². The molecular weight excluding hydrogens is 342 g/mol. The lowest BCUT2D eigenvalue weighted by Crippen LogP contribution is -2.34. The van der Waals surface area contributed by atoms with Gasteiger partial charge in [-0.3, -0.25) is 19.7 Å². The van der Waals surface area contributed by atoms with E-state index in [-0.39, 0.29) is 22.9 Å². The van der Waals surface area contributed by atoms with E-state index in [1.165, 1.54) is 19.2 Å². The van der Waals surface area contributed by atoms with Crippen LogP contribution in [0.5, 0.6) is 11.5 Å². The molecule has 1 unspecified atom stereocenters. The second kappa shape index (κ2) is 6.71. The van der Waals surface area contributed by atoms with Crippen molar-refractivity contribution >= 4 is 28.9 Å². The highest BCUT2D eigenvalue weighted by molar-refractivity contribution is 6.05. The first-order valence-electron chi connectivity index (χ1n) is 7.64. The molecule has 2 N–H and O–H groups in total. The third-order valence-corrected chi connectivity index (χ3v) is 3.81. The Balaban J connectivity index is 1.83. The van der Waals surface area contributed by atoms with Crippen LogP contribution in [-0.2, 0) is 4.79 Å². The normalized spacial score (nSPS) is 15.3. The minimum Gasteiger partial charge on any atom is -0.490 e. The van der Waals surface area contributed by atoms with Gasteiger partial charge >= 0.3 is 5.69 Å². The second-order valence-electron chi connectivity index (χ2n) is 5.56. The van der Waals surface area contributed by atoms with E-state index in [4.69, 9.17) is 9.47 Å². The lowest BCUT2D eigenvalue weighted by Gasteiger charge is -2.23. The Morgan fingerprint density at radius 1 is 1.31 bits per heavy atom. The van der Waals surface area contributed by atoms with Gasteiger partial charge in [-0.1, -0.05) is 0 Å². The first kappa shape index (κ1) is 17.2. The maximum Gasteiger partial charge on any atom is 0.311 e. The van der Waals surface area contributed by atoms with Gasteiger partial charge in [-0.15, -0.1) is 0 Å². The summed E-state index contributed by atoms with van der Waals surface area (Å²) in [6.45, 7) is 1.63. The highest BCUT2D eigenvalue weighted by Gasteiger charge is 2.24. The fourth-order valence-electron chi connectivity index (χ4n) is 2.46. The number of benzene rings is 2. The molecule has 0 aromatic heterocycles. The van der Waals surface area contributed by atoms with E-state index >= 15 is 0 Å². The highest BCUT2D eigenvalue weighted by Crippen LogP contribution is 2.32. The predicted octanol–water partition coefficient (Wildman–Crippen LogP) is 2.58. The minimum absolute atomic E-state index is 0.0642. The van der Waals surface area contributed by atoms with Gasteiger partial charge in [-0.05, 0) is 37.3 Å². The second-order valence-corrected chi connectivity index (χ2v) is 5.56. The molecule has 2 aromatic carbocycles. The summed E-state index contributed by atoms with van der Waals surface area (Å²) < 4.78 is 10.4. The van der Waals surface area contributed by atoms with Crippen LogP contribution in [-0.4, -0.2) is 30.0 Å². The number of nitro benzene ring substituents is 1. The highest BCUT2D eigenvalue weighted by atomic mass is 16.6. The van der Waals surface area contributed by atoms with Crippen molar-refractivity contribution in [2.45, 2.75) is 13.0 Å². The molecular formula is C17H15N3O6. The van der Waals surface area contributed by atoms with E-state index in [0.29, 0.717) is 17.1 Å². The molecule has 1 aliphatic rings. The van der Waals surface area contributed by atoms with Crippen molar-refractivity contribution in [3.05, 3.63) is 52.1 Å². The summed E-state index contributed by atoms with van der Waals surface area (Å²) in [5.41, 5.74) is 0.640. The molecule has 1 atom stereocenters. The van der Waals surface area contributed by atoms with Gasteiger partial charge in [0.25, 0.3) is 11.8 Å². The summed E-state index contributed by atoms with van der Waals surface area (Å²) >= 11 is 0. The number of carbonyl (C=O) groups excluding carboxylic acids is 2. The van der Waals surface area contributed by atoms with Crippen molar-refractivity contribution in [1.29, 1.82) is 0 Å². The third-order valence-electron chi connectivity index (χ3n) is 3.81. The largest absolute Gasteiger partial charge is 0.490 e. The lowest BCUT2D eigenvalue weighted by atomic mass is 10.1. The number of rotatable bonds is 4. The van der Waals surface area contributed by atoms with Crippen LogP contribution in [0.25, 0.3) is 0 Å². The number of carbonyl (C=O) groups is 2. The predicted molar refractivity (Wildman–Crippen MR) is 92.8 cm³/mol. The van der Waals surface area contributed by atoms with Gasteiger partial charge in [0.2, 0.25) is 0 Å². The lowest BCUT2D eigenvalue weighted by molar-refractivity contribution is -0.385. The average molecular weight is 357 g/mol. The molecule has 1 heterocycles. The van der Waals surface area contributed by atoms with Gasteiger partial charge < -0.3 is 20.1 Å². The average Bonchev–Trinajstić information content (AvgIpc) is 2.62. The summed E-state index contributed by atoms with van der Waals surface area (Å²) in [6.07, 6.45) is -0.595. The van der Waals surface area contributed by atoms with E-state index in [9.17, 15) is 19.7 Å². The number of nitro groups is 1. The topological polar surface area (TPSA) is 120 Å². The molecule has 3 rings (SSSR count). The molecule has 0 spiro atoms. The van der Waals surface area contributed by atoms with Crippen LogP contribution in [0.15, 0.2) is 36.4 Å². The van der Waals surface area contributed by atoms with Crippen molar-refractivity contribution in [2.24, 2.45) is 0 Å².